The number of halogens is 4. The van der Waals surface area contributed by atoms with Gasteiger partial charge in [0, 0.05) is 63.8 Å². The van der Waals surface area contributed by atoms with E-state index in [1.54, 1.807) is 26.1 Å². The number of hydroxylamine groups is 1. The summed E-state index contributed by atoms with van der Waals surface area (Å²) in [6.07, 6.45) is -15.6. The smallest absolute Gasteiger partial charge is 0.270 e. The van der Waals surface area contributed by atoms with E-state index in [1.807, 2.05) is 5.48 Å². The maximum atomic E-state index is 16.4. The first kappa shape index (κ1) is 93.3. The zero-order valence-electron chi connectivity index (χ0n) is 67.1. The largest absolute Gasteiger partial charge is 0.508 e. The lowest BCUT2D eigenvalue weighted by Crippen LogP contribution is -2.65. The number of aliphatic hydroxyl groups excluding tert-OH is 6. The molecular formula is C82H86Cl4N14O26. The second kappa shape index (κ2) is 39.8. The van der Waals surface area contributed by atoms with Crippen molar-refractivity contribution in [2.45, 2.75) is 163 Å². The van der Waals surface area contributed by atoms with Gasteiger partial charge in [0.05, 0.1) is 46.9 Å². The minimum atomic E-state index is -2.43. The first-order chi connectivity index (χ1) is 59.8. The van der Waals surface area contributed by atoms with Crippen LogP contribution in [0.1, 0.15) is 121 Å². The quantitative estimate of drug-likeness (QED) is 0.0279. The molecule has 1 aromatic heterocycles. The van der Waals surface area contributed by atoms with Crippen LogP contribution in [0.3, 0.4) is 0 Å². The van der Waals surface area contributed by atoms with Gasteiger partial charge in [0.1, 0.15) is 95.5 Å². The average molecular weight is 1830 g/mol. The Morgan fingerprint density at radius 3 is 1.99 bits per heavy atom. The van der Waals surface area contributed by atoms with E-state index in [9.17, 15) is 69.9 Å². The van der Waals surface area contributed by atoms with E-state index in [0.717, 1.165) is 66.7 Å². The molecule has 0 radical (unpaired) electrons. The molecule has 22 N–H and O–H groups in total. The standard InChI is InChI=1S/C82H86Cl4N14O26/c1-32(2)12-48(89-5)74(113)98-64-66(107)36-7-10-52(46(85)15-36)122-54-17-38-18-55(70(54)126-81-71(69(110)68(109)56(29-101)124-81)125-59-25-82(4,72(111)33(3)121-59)92-27-34-13-39(28-90-26-34)73(112)93-42-20-40(83)19-41(84)21-42)123-53-11-8-37(16-47(53)86)67(108)65-79(118)97-63(80(119)100-120-30-58(106)91-31-87)45-22-43(102)23-51(104)60(45)44-14-35(6-9-50(44)103)61(76(115)99-65)96-77(116)62(38)95-75(114)49(24-57(88)105)94-78(64)117/h6-11,13-23,26,28,32-33,48-49,56,59,61-69,71-72,81,89,92,101-104,107-111H,12,24-25,27,29-30H2,1-5H3,(H2,88,105)(H,91,106)(H,93,112)(H,94,117)(H,95,114)(H,96,116)(H,97,118)(H,98,113)(H,99,115)(H,100,119)/t33?,48?,49?,56?,59?,61?,62?,63-,64?,65?,66?,67?,68?,69?,71?,72?,81?,82-/m1/s1. The number of anilines is 1. The number of phenols is 3. The topological polar surface area (TPSA) is 612 Å². The van der Waals surface area contributed by atoms with Gasteiger partial charge in [0.2, 0.25) is 53.4 Å². The number of nitrogens with one attached hydrogen (secondary N) is 11. The van der Waals surface area contributed by atoms with Crippen LogP contribution in [0.25, 0.3) is 11.1 Å². The van der Waals surface area contributed by atoms with Gasteiger partial charge >= 0.3 is 0 Å². The molecule has 11 bridgehead atoms. The van der Waals surface area contributed by atoms with Crippen molar-refractivity contribution >= 4 is 111 Å². The van der Waals surface area contributed by atoms with E-state index in [4.69, 9.17) is 90.7 Å². The molecule has 126 heavy (non-hydrogen) atoms. The van der Waals surface area contributed by atoms with E-state index in [-0.39, 0.29) is 52.0 Å². The van der Waals surface area contributed by atoms with E-state index in [0.29, 0.717) is 11.3 Å². The van der Waals surface area contributed by atoms with Crippen LogP contribution in [0.15, 0.2) is 116 Å². The fraction of sp³-hybridized carbons (Fsp3) is 0.366. The summed E-state index contributed by atoms with van der Waals surface area (Å²) in [6.45, 7) is 4.60. The molecule has 7 aliphatic heterocycles. The Kier molecular flexibility index (Phi) is 29.4. The second-order valence-electron chi connectivity index (χ2n) is 30.8. The molecular weight excluding hydrogens is 1740 g/mol. The molecule has 16 unspecified atom stereocenters. The van der Waals surface area contributed by atoms with Crippen LogP contribution in [0, 0.1) is 17.4 Å². The molecule has 7 aliphatic rings. The predicted octanol–water partition coefficient (Wildman–Crippen LogP) is 2.45. The summed E-state index contributed by atoms with van der Waals surface area (Å²) in [5.74, 6) is -18.0. The highest BCUT2D eigenvalue weighted by molar-refractivity contribution is 6.35. The Balaban J connectivity index is 1.03. The monoisotopic (exact) mass is 1820 g/mol. The number of nitrogens with zero attached hydrogens (tertiary/aromatic N) is 2. The number of phenolic OH excluding ortho intramolecular Hbond substituents is 3. The van der Waals surface area contributed by atoms with E-state index < -0.39 is 272 Å². The van der Waals surface area contributed by atoms with Crippen molar-refractivity contribution in [3.63, 3.8) is 0 Å². The molecule has 668 valence electrons. The summed E-state index contributed by atoms with van der Waals surface area (Å²) in [5, 5.41) is 141. The van der Waals surface area contributed by atoms with Crippen molar-refractivity contribution in [1.82, 2.24) is 58.3 Å². The predicted molar refractivity (Wildman–Crippen MR) is 441 cm³/mol. The fourth-order valence-corrected chi connectivity index (χ4v) is 15.8. The maximum Gasteiger partial charge on any atom is 0.270 e. The SMILES string of the molecule is CNC(CC(C)C)C(=O)NC1C(=O)NC(CC(N)=O)C(=O)NC2C(=O)NC3C(=O)NC(C(=O)N[C@@H](C(=O)NOCC(=O)NC#N)c4cc(O)cc(O)c4-c4cc3ccc4O)C(O)c3ccc(c(Cl)c3)Oc3cc2cc(c3OC2OC(CO)C(O)C(O)C2OC2C[C@@](C)(NCc3cncc(C(=O)Nc4cc(Cl)cc(Cl)c4)c3)C(O)C(C)O2)Oc2ccc(cc2Cl)C1O. The Hall–Kier alpha value is -11.9. The number of aromatic hydroxyl groups is 3. The summed E-state index contributed by atoms with van der Waals surface area (Å²) in [5.41, 5.74) is 4.01. The number of fused-ring (bicyclic) bond motifs is 15. The molecule has 14 rings (SSSR count). The van der Waals surface area contributed by atoms with Crippen molar-refractivity contribution in [2.24, 2.45) is 11.7 Å². The maximum absolute atomic E-state index is 16.4. The van der Waals surface area contributed by atoms with Gasteiger partial charge in [-0.2, -0.15) is 5.26 Å². The van der Waals surface area contributed by atoms with Crippen molar-refractivity contribution < 1.29 is 127 Å². The molecule has 7 aromatic rings. The third-order valence-electron chi connectivity index (χ3n) is 21.2. The van der Waals surface area contributed by atoms with Crippen LogP contribution < -0.4 is 78.6 Å². The second-order valence-corrected chi connectivity index (χ2v) is 32.4. The number of likely N-dealkylation sites (N-methyl/N-ethyl adjacent to an activating group) is 1. The molecule has 6 aromatic carbocycles. The van der Waals surface area contributed by atoms with Crippen LogP contribution in [0.5, 0.6) is 46.0 Å². The number of hydrogen-bond acceptors (Lipinski definition) is 30. The van der Waals surface area contributed by atoms with Crippen molar-refractivity contribution in [3.8, 4) is 63.3 Å². The molecule has 10 amide bonds. The molecule has 0 spiro atoms. The summed E-state index contributed by atoms with van der Waals surface area (Å²) >= 11 is 26.7. The number of rotatable bonds is 21. The highest BCUT2D eigenvalue weighted by Gasteiger charge is 2.52. The number of primary amides is 1. The van der Waals surface area contributed by atoms with Gasteiger partial charge in [-0.25, -0.2) is 5.48 Å². The number of hydrogen-bond donors (Lipinski definition) is 21. The number of aliphatic hydroxyl groups is 6. The summed E-state index contributed by atoms with van der Waals surface area (Å²) < 4.78 is 39.5. The Morgan fingerprint density at radius 1 is 0.714 bits per heavy atom. The Bertz CT molecular complexity index is 5420. The van der Waals surface area contributed by atoms with Gasteiger partial charge in [-0.05, 0) is 145 Å². The van der Waals surface area contributed by atoms with Crippen LogP contribution in [-0.4, -0.2) is 209 Å². The van der Waals surface area contributed by atoms with Crippen molar-refractivity contribution in [3.05, 3.63) is 175 Å². The first-order valence-electron chi connectivity index (χ1n) is 38.8. The number of carbonyl (C=O) groups excluding carboxylic acids is 10. The van der Waals surface area contributed by atoms with Gasteiger partial charge in [0.15, 0.2) is 36.7 Å². The normalized spacial score (nSPS) is 25.7. The molecule has 2 saturated heterocycles. The lowest BCUT2D eigenvalue weighted by atomic mass is 9.84. The van der Waals surface area contributed by atoms with E-state index in [1.165, 1.54) is 69.0 Å². The lowest BCUT2D eigenvalue weighted by Gasteiger charge is -2.48. The summed E-state index contributed by atoms with van der Waals surface area (Å²) in [6, 6.07) is 4.62. The number of nitriles is 1. The van der Waals surface area contributed by atoms with Crippen LogP contribution in [0.2, 0.25) is 20.1 Å². The van der Waals surface area contributed by atoms with E-state index >= 15 is 24.0 Å². The van der Waals surface area contributed by atoms with Gasteiger partial charge < -0.3 is 128 Å². The third-order valence-corrected chi connectivity index (χ3v) is 22.2. The average Bonchev–Trinajstić information content (AvgIpc) is 0.764. The van der Waals surface area contributed by atoms with Gasteiger partial charge in [-0.1, -0.05) is 78.5 Å². The minimum Gasteiger partial charge on any atom is -0.508 e. The number of benzene rings is 6. The number of amides is 10. The molecule has 2 fully saturated rings. The van der Waals surface area contributed by atoms with Crippen molar-refractivity contribution in [1.29, 1.82) is 5.26 Å². The number of carbonyl (C=O) groups is 10. The number of pyridine rings is 1. The van der Waals surface area contributed by atoms with Crippen molar-refractivity contribution in [2.75, 3.05) is 25.6 Å². The highest BCUT2D eigenvalue weighted by Crippen LogP contribution is 2.50. The molecule has 18 atom stereocenters. The molecule has 8 heterocycles. The van der Waals surface area contributed by atoms with Gasteiger partial charge in [-0.15, -0.1) is 0 Å². The highest BCUT2D eigenvalue weighted by atomic mass is 35.5. The number of aromatic nitrogens is 1. The molecule has 0 saturated carbocycles. The summed E-state index contributed by atoms with van der Waals surface area (Å²) in [4.78, 5) is 155. The first-order valence-corrected chi connectivity index (χ1v) is 40.3. The lowest BCUT2D eigenvalue weighted by molar-refractivity contribution is -0.334. The zero-order valence-corrected chi connectivity index (χ0v) is 70.1. The van der Waals surface area contributed by atoms with Crippen LogP contribution >= 0.6 is 46.4 Å². The fourth-order valence-electron chi connectivity index (χ4n) is 14.8. The van der Waals surface area contributed by atoms with Crippen LogP contribution in [0.4, 0.5) is 5.69 Å². The van der Waals surface area contributed by atoms with Crippen LogP contribution in [-0.2, 0) is 68.7 Å². The molecule has 0 aliphatic carbocycles. The molecule has 40 nitrogen and oxygen atoms in total. The number of nitrogens with two attached hydrogens (primary N) is 1. The summed E-state index contributed by atoms with van der Waals surface area (Å²) in [7, 11) is 1.46. The van der Waals surface area contributed by atoms with Gasteiger partial charge in [-0.3, -0.25) is 63.1 Å². The zero-order chi connectivity index (χ0) is 91.2. The number of ether oxygens (including phenoxy) is 6. The van der Waals surface area contributed by atoms with E-state index in [2.05, 4.69) is 52.8 Å². The minimum absolute atomic E-state index is 0.0621. The Labute approximate surface area is 735 Å². The Morgan fingerprint density at radius 2 is 1.36 bits per heavy atom. The third kappa shape index (κ3) is 21.3. The molecule has 44 heteroatoms. The van der Waals surface area contributed by atoms with Gasteiger partial charge in [0.25, 0.3) is 17.7 Å².